The molecular weight excluding hydrogens is 406 g/mol. The van der Waals surface area contributed by atoms with Crippen molar-refractivity contribution < 1.29 is 8.42 Å². The summed E-state index contributed by atoms with van der Waals surface area (Å²) in [6.45, 7) is 2.30. The van der Waals surface area contributed by atoms with E-state index in [2.05, 4.69) is 15.9 Å². The van der Waals surface area contributed by atoms with Crippen LogP contribution in [0.15, 0.2) is 63.3 Å². The summed E-state index contributed by atoms with van der Waals surface area (Å²) in [5.74, 6) is 0. The lowest BCUT2D eigenvalue weighted by molar-refractivity contribution is 0.590. The summed E-state index contributed by atoms with van der Waals surface area (Å²) >= 11 is 5.06. The molecule has 0 atom stereocenters. The number of nitrogens with zero attached hydrogens (tertiary/aromatic N) is 1. The SMILES string of the molecule is Cc1ccc(S(=O)(=O)N2Cc3ccccc3-c3sc(Br)cc32)cc1. The molecule has 3 aromatic rings. The Morgan fingerprint density at radius 2 is 1.79 bits per heavy atom. The second-order valence-corrected chi connectivity index (χ2v) is 10.0. The lowest BCUT2D eigenvalue weighted by atomic mass is 10.0. The predicted octanol–water partition coefficient (Wildman–Crippen LogP) is 5.19. The molecule has 0 fully saturated rings. The summed E-state index contributed by atoms with van der Waals surface area (Å²) in [5, 5.41) is 0. The molecule has 0 amide bonds. The average Bonchev–Trinajstić information content (AvgIpc) is 2.96. The van der Waals surface area contributed by atoms with Gasteiger partial charge >= 0.3 is 0 Å². The van der Waals surface area contributed by atoms with Gasteiger partial charge in [-0.2, -0.15) is 0 Å². The molecule has 0 saturated carbocycles. The van der Waals surface area contributed by atoms with Crippen molar-refractivity contribution in [2.45, 2.75) is 18.4 Å². The molecule has 0 spiro atoms. The van der Waals surface area contributed by atoms with E-state index in [4.69, 9.17) is 0 Å². The molecule has 0 bridgehead atoms. The van der Waals surface area contributed by atoms with E-state index in [9.17, 15) is 8.42 Å². The molecule has 3 nitrogen and oxygen atoms in total. The maximum Gasteiger partial charge on any atom is 0.264 e. The van der Waals surface area contributed by atoms with Gasteiger partial charge in [0.1, 0.15) is 0 Å². The van der Waals surface area contributed by atoms with Gasteiger partial charge in [-0.25, -0.2) is 8.42 Å². The van der Waals surface area contributed by atoms with Crippen LogP contribution in [0.5, 0.6) is 0 Å². The van der Waals surface area contributed by atoms with E-state index in [0.717, 1.165) is 31.0 Å². The van der Waals surface area contributed by atoms with E-state index in [-0.39, 0.29) is 0 Å². The largest absolute Gasteiger partial charge is 0.264 e. The Balaban J connectivity index is 1.89. The van der Waals surface area contributed by atoms with Crippen LogP contribution in [0.3, 0.4) is 0 Å². The molecule has 4 rings (SSSR count). The third kappa shape index (κ3) is 2.49. The Morgan fingerprint density at radius 3 is 2.54 bits per heavy atom. The first-order valence-electron chi connectivity index (χ1n) is 7.44. The summed E-state index contributed by atoms with van der Waals surface area (Å²) in [7, 11) is -3.60. The highest BCUT2D eigenvalue weighted by molar-refractivity contribution is 9.11. The number of fused-ring (bicyclic) bond motifs is 3. The van der Waals surface area contributed by atoms with E-state index in [1.165, 1.54) is 4.31 Å². The van der Waals surface area contributed by atoms with E-state index in [1.54, 1.807) is 23.5 Å². The summed E-state index contributed by atoms with van der Waals surface area (Å²) in [6, 6.07) is 16.9. The highest BCUT2D eigenvalue weighted by Crippen LogP contribution is 2.48. The van der Waals surface area contributed by atoms with Gasteiger partial charge < -0.3 is 0 Å². The maximum absolute atomic E-state index is 13.2. The first kappa shape index (κ1) is 15.9. The molecular formula is C18H14BrNO2S2. The van der Waals surface area contributed by atoms with Gasteiger partial charge in [0.15, 0.2) is 0 Å². The number of hydrogen-bond acceptors (Lipinski definition) is 3. The van der Waals surface area contributed by atoms with Crippen molar-refractivity contribution in [3.63, 3.8) is 0 Å². The Bertz CT molecular complexity index is 1020. The van der Waals surface area contributed by atoms with Gasteiger partial charge in [-0.15, -0.1) is 11.3 Å². The third-order valence-corrected chi connectivity index (χ3v) is 7.57. The minimum atomic E-state index is -3.60. The van der Waals surface area contributed by atoms with Crippen LogP contribution >= 0.6 is 27.3 Å². The second-order valence-electron chi connectivity index (χ2n) is 5.75. The number of rotatable bonds is 2. The molecule has 1 aliphatic rings. The van der Waals surface area contributed by atoms with E-state index < -0.39 is 10.0 Å². The smallest absolute Gasteiger partial charge is 0.260 e. The van der Waals surface area contributed by atoms with Crippen molar-refractivity contribution in [1.29, 1.82) is 0 Å². The van der Waals surface area contributed by atoms with Crippen molar-refractivity contribution in [3.8, 4) is 10.4 Å². The Labute approximate surface area is 153 Å². The zero-order valence-corrected chi connectivity index (χ0v) is 16.1. The fourth-order valence-electron chi connectivity index (χ4n) is 2.90. The van der Waals surface area contributed by atoms with E-state index in [1.807, 2.05) is 49.4 Å². The summed E-state index contributed by atoms with van der Waals surface area (Å²) in [6.07, 6.45) is 0. The number of thiophene rings is 1. The van der Waals surface area contributed by atoms with Crippen LogP contribution in [0.25, 0.3) is 10.4 Å². The van der Waals surface area contributed by atoms with Crippen molar-refractivity contribution in [3.05, 3.63) is 69.5 Å². The first-order valence-corrected chi connectivity index (χ1v) is 10.5. The highest BCUT2D eigenvalue weighted by Gasteiger charge is 2.33. The van der Waals surface area contributed by atoms with Gasteiger partial charge in [-0.3, -0.25) is 4.31 Å². The molecule has 2 aromatic carbocycles. The number of benzene rings is 2. The minimum absolute atomic E-state index is 0.320. The van der Waals surface area contributed by atoms with E-state index in [0.29, 0.717) is 11.4 Å². The Kier molecular flexibility index (Phi) is 3.78. The summed E-state index contributed by atoms with van der Waals surface area (Å²) < 4.78 is 28.8. The molecule has 0 aliphatic carbocycles. The topological polar surface area (TPSA) is 37.4 Å². The zero-order valence-electron chi connectivity index (χ0n) is 12.9. The van der Waals surface area contributed by atoms with Crippen LogP contribution in [-0.2, 0) is 16.6 Å². The van der Waals surface area contributed by atoms with Crippen LogP contribution < -0.4 is 4.31 Å². The Morgan fingerprint density at radius 1 is 1.08 bits per heavy atom. The zero-order chi connectivity index (χ0) is 16.9. The number of sulfonamides is 1. The van der Waals surface area contributed by atoms with Gasteiger partial charge in [0.25, 0.3) is 10.0 Å². The standard InChI is InChI=1S/C18H14BrNO2S2/c1-12-6-8-14(9-7-12)24(21,22)20-11-13-4-2-3-5-15(13)18-16(20)10-17(19)23-18/h2-10H,11H2,1H3. The maximum atomic E-state index is 13.2. The quantitative estimate of drug-likeness (QED) is 0.572. The van der Waals surface area contributed by atoms with Crippen LogP contribution in [0, 0.1) is 6.92 Å². The number of aryl methyl sites for hydroxylation is 1. The molecule has 0 unspecified atom stereocenters. The molecule has 2 heterocycles. The molecule has 122 valence electrons. The Hall–Kier alpha value is -1.63. The number of hydrogen-bond donors (Lipinski definition) is 0. The van der Waals surface area contributed by atoms with Crippen LogP contribution in [-0.4, -0.2) is 8.42 Å². The minimum Gasteiger partial charge on any atom is -0.260 e. The molecule has 6 heteroatoms. The molecule has 24 heavy (non-hydrogen) atoms. The predicted molar refractivity (Wildman–Crippen MR) is 102 cm³/mol. The fraction of sp³-hybridized carbons (Fsp3) is 0.111. The van der Waals surface area contributed by atoms with Gasteiger partial charge in [-0.05, 0) is 52.2 Å². The third-order valence-electron chi connectivity index (χ3n) is 4.14. The molecule has 0 N–H and O–H groups in total. The summed E-state index contributed by atoms with van der Waals surface area (Å²) in [4.78, 5) is 1.31. The molecule has 1 aromatic heterocycles. The second kappa shape index (κ2) is 5.72. The highest BCUT2D eigenvalue weighted by atomic mass is 79.9. The van der Waals surface area contributed by atoms with Gasteiger partial charge in [-0.1, -0.05) is 42.0 Å². The lowest BCUT2D eigenvalue weighted by Gasteiger charge is -2.29. The monoisotopic (exact) mass is 419 g/mol. The number of halogens is 1. The van der Waals surface area contributed by atoms with E-state index >= 15 is 0 Å². The molecule has 0 radical (unpaired) electrons. The van der Waals surface area contributed by atoms with Gasteiger partial charge in [0.05, 0.1) is 25.8 Å². The van der Waals surface area contributed by atoms with Crippen LogP contribution in [0.2, 0.25) is 0 Å². The normalized spacial score (nSPS) is 13.5. The van der Waals surface area contributed by atoms with Gasteiger partial charge in [0, 0.05) is 0 Å². The van der Waals surface area contributed by atoms with Crippen molar-refractivity contribution in [1.82, 2.24) is 0 Å². The van der Waals surface area contributed by atoms with Crippen LogP contribution in [0.4, 0.5) is 5.69 Å². The van der Waals surface area contributed by atoms with Crippen LogP contribution in [0.1, 0.15) is 11.1 Å². The average molecular weight is 420 g/mol. The van der Waals surface area contributed by atoms with Crippen molar-refractivity contribution in [2.75, 3.05) is 4.31 Å². The fourth-order valence-corrected chi connectivity index (χ4v) is 6.06. The number of anilines is 1. The van der Waals surface area contributed by atoms with Crippen molar-refractivity contribution >= 4 is 43.0 Å². The van der Waals surface area contributed by atoms with Crippen molar-refractivity contribution in [2.24, 2.45) is 0 Å². The van der Waals surface area contributed by atoms with Gasteiger partial charge in [0.2, 0.25) is 0 Å². The lowest BCUT2D eigenvalue weighted by Crippen LogP contribution is -2.32. The molecule has 0 saturated heterocycles. The first-order chi connectivity index (χ1) is 11.5. The molecule has 1 aliphatic heterocycles. The summed E-state index contributed by atoms with van der Waals surface area (Å²) in [5.41, 5.74) is 3.91.